The fraction of sp³-hybridized carbons (Fsp3) is 0.407. The van der Waals surface area contributed by atoms with Crippen molar-refractivity contribution < 1.29 is 17.9 Å². The summed E-state index contributed by atoms with van der Waals surface area (Å²) in [5.41, 5.74) is 4.12. The van der Waals surface area contributed by atoms with Crippen LogP contribution >= 0.6 is 0 Å². The molecule has 11 nitrogen and oxygen atoms in total. The number of hydrogen-bond donors (Lipinski definition) is 3. The topological polar surface area (TPSA) is 141 Å². The van der Waals surface area contributed by atoms with Gasteiger partial charge in [-0.15, -0.1) is 0 Å². The van der Waals surface area contributed by atoms with Gasteiger partial charge in [0.2, 0.25) is 10.0 Å². The normalized spacial score (nSPS) is 15.5. The molecule has 0 aliphatic carbocycles. The molecule has 0 saturated heterocycles. The fourth-order valence-corrected chi connectivity index (χ4v) is 4.82. The number of carbonyl (C=O) groups is 1. The van der Waals surface area contributed by atoms with Gasteiger partial charge in [0.25, 0.3) is 5.91 Å². The Bertz CT molecular complexity index is 1520. The van der Waals surface area contributed by atoms with Crippen LogP contribution in [0.3, 0.4) is 0 Å². The number of carbonyl (C=O) groups excluding carboxylic acids is 1. The average molecular weight is 554 g/mol. The third kappa shape index (κ3) is 6.39. The summed E-state index contributed by atoms with van der Waals surface area (Å²) in [7, 11) is -2.16. The number of methoxy groups -OCH3 is 1. The second-order valence-electron chi connectivity index (χ2n) is 10.6. The lowest BCUT2D eigenvalue weighted by Crippen LogP contribution is -2.20. The molecule has 1 atom stereocenters. The van der Waals surface area contributed by atoms with Crippen molar-refractivity contribution in [1.82, 2.24) is 9.97 Å². The molecule has 4 rings (SSSR count). The molecule has 1 unspecified atom stereocenters. The highest BCUT2D eigenvalue weighted by atomic mass is 32.2. The molecule has 0 fully saturated rings. The van der Waals surface area contributed by atoms with Crippen LogP contribution in [0.2, 0.25) is 0 Å². The number of anilines is 3. The van der Waals surface area contributed by atoms with E-state index in [-0.39, 0.29) is 28.8 Å². The molecule has 1 amide bonds. The summed E-state index contributed by atoms with van der Waals surface area (Å²) >= 11 is 0. The highest BCUT2D eigenvalue weighted by molar-refractivity contribution is 7.92. The Morgan fingerprint density at radius 3 is 2.54 bits per heavy atom. The van der Waals surface area contributed by atoms with Crippen molar-refractivity contribution in [2.45, 2.75) is 52.5 Å². The zero-order chi connectivity index (χ0) is 28.5. The number of rotatable bonds is 8. The molecule has 0 bridgehead atoms. The van der Waals surface area contributed by atoms with Crippen LogP contribution in [0, 0.1) is 6.92 Å². The summed E-state index contributed by atoms with van der Waals surface area (Å²) in [6, 6.07) is 8.70. The third-order valence-electron chi connectivity index (χ3n) is 6.44. The lowest BCUT2D eigenvalue weighted by molar-refractivity contribution is 0.102. The monoisotopic (exact) mass is 553 g/mol. The molecule has 2 heterocycles. The second-order valence-corrected chi connectivity index (χ2v) is 12.4. The maximum Gasteiger partial charge on any atom is 0.255 e. The first-order valence-electron chi connectivity index (χ1n) is 12.6. The number of aromatic amines is 1. The number of sulfonamides is 1. The predicted molar refractivity (Wildman–Crippen MR) is 152 cm³/mol. The fourth-order valence-electron chi connectivity index (χ4n) is 4.27. The van der Waals surface area contributed by atoms with Crippen LogP contribution in [0.4, 0.5) is 17.1 Å². The van der Waals surface area contributed by atoms with Gasteiger partial charge in [-0.05, 0) is 47.7 Å². The van der Waals surface area contributed by atoms with Crippen LogP contribution in [0.5, 0.6) is 5.75 Å². The SMILES string of the molecule is CCc1ncc(C2CN(c3cc(C(=O)Nc4cc(C(C)(C)C)cc(NS(C)(=O)=O)c4OC)ccc3C)N=N2)[nH]1. The average Bonchev–Trinajstić information content (AvgIpc) is 3.52. The lowest BCUT2D eigenvalue weighted by Gasteiger charge is -2.24. The third-order valence-corrected chi connectivity index (χ3v) is 7.03. The van der Waals surface area contributed by atoms with E-state index in [4.69, 9.17) is 4.74 Å². The standard InChI is InChI=1S/C27H35N7O4S/c1-8-24-28-14-21(29-24)22-15-34(33-31-22)23-11-17(10-9-16(23)2)26(35)30-19-12-18(27(3,4)5)13-20(25(19)38-6)32-39(7,36)37/h9-14,22,32H,8,15H2,1-7H3,(H,28,29)(H,30,35). The van der Waals surface area contributed by atoms with Gasteiger partial charge in [-0.25, -0.2) is 18.4 Å². The van der Waals surface area contributed by atoms with E-state index in [0.29, 0.717) is 17.8 Å². The molecule has 0 saturated carbocycles. The summed E-state index contributed by atoms with van der Waals surface area (Å²) in [5, 5.41) is 13.4. The molecule has 0 radical (unpaired) electrons. The van der Waals surface area contributed by atoms with E-state index in [2.05, 4.69) is 30.3 Å². The molecule has 2 aromatic carbocycles. The summed E-state index contributed by atoms with van der Waals surface area (Å²) in [6.45, 7) is 10.5. The van der Waals surface area contributed by atoms with Gasteiger partial charge in [-0.3, -0.25) is 9.52 Å². The van der Waals surface area contributed by atoms with Crippen LogP contribution in [0.1, 0.15) is 66.7 Å². The van der Waals surface area contributed by atoms with E-state index in [1.165, 1.54) is 7.11 Å². The van der Waals surface area contributed by atoms with Gasteiger partial charge in [-0.2, -0.15) is 5.11 Å². The van der Waals surface area contributed by atoms with Crippen molar-refractivity contribution in [3.63, 3.8) is 0 Å². The number of nitrogens with zero attached hydrogens (tertiary/aromatic N) is 4. The van der Waals surface area contributed by atoms with Crippen molar-refractivity contribution in [2.24, 2.45) is 10.3 Å². The van der Waals surface area contributed by atoms with Crippen molar-refractivity contribution in [3.8, 4) is 5.75 Å². The Morgan fingerprint density at radius 1 is 1.21 bits per heavy atom. The largest absolute Gasteiger partial charge is 0.492 e. The minimum atomic E-state index is -3.59. The van der Waals surface area contributed by atoms with Crippen molar-refractivity contribution in [3.05, 3.63) is 64.7 Å². The predicted octanol–water partition coefficient (Wildman–Crippen LogP) is 5.14. The van der Waals surface area contributed by atoms with E-state index in [1.807, 2.05) is 40.7 Å². The number of aryl methyl sites for hydroxylation is 2. The number of ether oxygens (including phenoxy) is 1. The minimum Gasteiger partial charge on any atom is -0.492 e. The smallest absolute Gasteiger partial charge is 0.255 e. The van der Waals surface area contributed by atoms with Gasteiger partial charge in [0.05, 0.1) is 48.9 Å². The molecular weight excluding hydrogens is 518 g/mol. The molecule has 0 spiro atoms. The summed E-state index contributed by atoms with van der Waals surface area (Å²) in [5.74, 6) is 0.741. The number of hydrogen-bond acceptors (Lipinski definition) is 8. The van der Waals surface area contributed by atoms with Crippen LogP contribution in [0.15, 0.2) is 46.9 Å². The van der Waals surface area contributed by atoms with Gasteiger partial charge >= 0.3 is 0 Å². The Hall–Kier alpha value is -3.93. The van der Waals surface area contributed by atoms with Gasteiger partial charge in [-0.1, -0.05) is 39.0 Å². The molecule has 3 N–H and O–H groups in total. The Morgan fingerprint density at radius 2 is 1.92 bits per heavy atom. The maximum atomic E-state index is 13.4. The van der Waals surface area contributed by atoms with E-state index in [0.717, 1.165) is 41.0 Å². The molecule has 12 heteroatoms. The minimum absolute atomic E-state index is 0.181. The summed E-state index contributed by atoms with van der Waals surface area (Å²) < 4.78 is 32.1. The second kappa shape index (κ2) is 10.7. The van der Waals surface area contributed by atoms with Gasteiger partial charge in [0, 0.05) is 12.0 Å². The van der Waals surface area contributed by atoms with Crippen LogP contribution < -0.4 is 19.8 Å². The highest BCUT2D eigenvalue weighted by Gasteiger charge is 2.26. The number of benzene rings is 2. The van der Waals surface area contributed by atoms with Crippen LogP contribution in [-0.4, -0.2) is 44.2 Å². The number of imidazole rings is 1. The number of H-pyrrole nitrogens is 1. The van der Waals surface area contributed by atoms with Crippen LogP contribution in [0.25, 0.3) is 0 Å². The van der Waals surface area contributed by atoms with Crippen molar-refractivity contribution in [2.75, 3.05) is 35.0 Å². The maximum absolute atomic E-state index is 13.4. The van der Waals surface area contributed by atoms with Crippen LogP contribution in [-0.2, 0) is 21.9 Å². The molecule has 1 aliphatic heterocycles. The Labute approximate surface area is 229 Å². The summed E-state index contributed by atoms with van der Waals surface area (Å²) in [4.78, 5) is 21.1. The lowest BCUT2D eigenvalue weighted by atomic mass is 9.86. The molecule has 39 heavy (non-hydrogen) atoms. The van der Waals surface area contributed by atoms with Gasteiger partial charge in [0.15, 0.2) is 5.75 Å². The number of amides is 1. The van der Waals surface area contributed by atoms with E-state index in [9.17, 15) is 13.2 Å². The quantitative estimate of drug-likeness (QED) is 0.353. The van der Waals surface area contributed by atoms with Crippen molar-refractivity contribution in [1.29, 1.82) is 0 Å². The molecular formula is C27H35N7O4S. The number of aromatic nitrogens is 2. The van der Waals surface area contributed by atoms with E-state index in [1.54, 1.807) is 35.5 Å². The molecule has 3 aromatic rings. The van der Waals surface area contributed by atoms with E-state index >= 15 is 0 Å². The first kappa shape index (κ1) is 28.1. The molecule has 1 aliphatic rings. The van der Waals surface area contributed by atoms with Gasteiger partial charge in [0.1, 0.15) is 11.9 Å². The Balaban J connectivity index is 1.62. The Kier molecular flexibility index (Phi) is 7.69. The summed E-state index contributed by atoms with van der Waals surface area (Å²) in [6.07, 6.45) is 3.66. The first-order valence-corrected chi connectivity index (χ1v) is 14.5. The first-order chi connectivity index (χ1) is 18.3. The van der Waals surface area contributed by atoms with Crippen molar-refractivity contribution >= 4 is 33.0 Å². The highest BCUT2D eigenvalue weighted by Crippen LogP contribution is 2.39. The zero-order valence-electron chi connectivity index (χ0n) is 23.3. The number of nitrogens with one attached hydrogen (secondary N) is 3. The van der Waals surface area contributed by atoms with E-state index < -0.39 is 10.0 Å². The molecule has 1 aromatic heterocycles. The van der Waals surface area contributed by atoms with Gasteiger partial charge < -0.3 is 15.0 Å². The molecule has 208 valence electrons. The zero-order valence-corrected chi connectivity index (χ0v) is 24.1.